The molecule has 0 bridgehead atoms. The largest absolute Gasteiger partial charge is 0.361 e. The number of pyridine rings is 2. The number of hydrogen-bond donors (Lipinski definition) is 3. The maximum Gasteiger partial charge on any atom is 0.181 e. The number of alkyl halides is 1. The summed E-state index contributed by atoms with van der Waals surface area (Å²) < 4.78 is 44.3. The molecular formula is C19H17F3N8. The van der Waals surface area contributed by atoms with Crippen LogP contribution < -0.4 is 10.6 Å². The van der Waals surface area contributed by atoms with Gasteiger partial charge in [-0.15, -0.1) is 0 Å². The van der Waals surface area contributed by atoms with Gasteiger partial charge in [-0.25, -0.2) is 28.1 Å². The number of aromatic nitrogens is 6. The van der Waals surface area contributed by atoms with E-state index in [1.807, 2.05) is 0 Å². The number of H-pyrrole nitrogens is 1. The molecule has 1 saturated heterocycles. The van der Waals surface area contributed by atoms with Crippen molar-refractivity contribution in [2.45, 2.75) is 19.1 Å². The van der Waals surface area contributed by atoms with Crippen LogP contribution in [0, 0.1) is 18.6 Å². The molecule has 0 aromatic carbocycles. The molecule has 1 aliphatic rings. The Labute approximate surface area is 168 Å². The van der Waals surface area contributed by atoms with Crippen molar-refractivity contribution in [1.29, 1.82) is 0 Å². The summed E-state index contributed by atoms with van der Waals surface area (Å²) in [5.41, 5.74) is 1.51. The summed E-state index contributed by atoms with van der Waals surface area (Å²) in [4.78, 5) is 12.7. The average molecular weight is 414 g/mol. The van der Waals surface area contributed by atoms with Gasteiger partial charge in [-0.1, -0.05) is 0 Å². The van der Waals surface area contributed by atoms with E-state index in [-0.39, 0.29) is 18.1 Å². The summed E-state index contributed by atoms with van der Waals surface area (Å²) in [5, 5.41) is 12.5. The van der Waals surface area contributed by atoms with Crippen LogP contribution in [0.3, 0.4) is 0 Å². The topological polar surface area (TPSA) is 95.8 Å². The number of anilines is 1. The predicted molar refractivity (Wildman–Crippen MR) is 104 cm³/mol. The number of aromatic amines is 1. The number of hydrogen-bond acceptors (Lipinski definition) is 6. The molecule has 5 heterocycles. The lowest BCUT2D eigenvalue weighted by molar-refractivity contribution is 0.341. The van der Waals surface area contributed by atoms with Gasteiger partial charge in [0.25, 0.3) is 0 Å². The highest BCUT2D eigenvalue weighted by Crippen LogP contribution is 2.28. The van der Waals surface area contributed by atoms with Crippen LogP contribution in [0.1, 0.15) is 5.82 Å². The van der Waals surface area contributed by atoms with E-state index in [1.165, 1.54) is 6.20 Å². The second kappa shape index (κ2) is 7.10. The molecule has 30 heavy (non-hydrogen) atoms. The maximum absolute atomic E-state index is 14.6. The van der Waals surface area contributed by atoms with Crippen molar-refractivity contribution in [3.8, 4) is 22.8 Å². The Kier molecular flexibility index (Phi) is 4.39. The maximum atomic E-state index is 14.6. The van der Waals surface area contributed by atoms with E-state index >= 15 is 0 Å². The zero-order valence-electron chi connectivity index (χ0n) is 15.8. The van der Waals surface area contributed by atoms with E-state index < -0.39 is 23.8 Å². The van der Waals surface area contributed by atoms with Crippen molar-refractivity contribution in [3.63, 3.8) is 0 Å². The average Bonchev–Trinajstić information content (AvgIpc) is 3.44. The number of nitrogens with zero attached hydrogens (tertiary/aromatic N) is 5. The Bertz CT molecular complexity index is 1230. The van der Waals surface area contributed by atoms with Gasteiger partial charge in [0.05, 0.1) is 17.9 Å². The summed E-state index contributed by atoms with van der Waals surface area (Å²) in [6, 6.07) is 3.62. The van der Waals surface area contributed by atoms with Gasteiger partial charge in [0.15, 0.2) is 23.3 Å². The van der Waals surface area contributed by atoms with Crippen molar-refractivity contribution in [2.24, 2.45) is 0 Å². The van der Waals surface area contributed by atoms with Crippen molar-refractivity contribution < 1.29 is 13.2 Å². The zero-order valence-corrected chi connectivity index (χ0v) is 15.8. The van der Waals surface area contributed by atoms with Crippen LogP contribution >= 0.6 is 0 Å². The molecule has 0 radical (unpaired) electrons. The quantitative estimate of drug-likeness (QED) is 0.475. The van der Waals surface area contributed by atoms with Gasteiger partial charge in [0.1, 0.15) is 23.3 Å². The van der Waals surface area contributed by atoms with Crippen molar-refractivity contribution in [2.75, 3.05) is 18.4 Å². The smallest absolute Gasteiger partial charge is 0.181 e. The van der Waals surface area contributed by atoms with Gasteiger partial charge in [-0.05, 0) is 19.1 Å². The molecule has 0 amide bonds. The number of imidazole rings is 1. The number of halogens is 3. The van der Waals surface area contributed by atoms with Crippen molar-refractivity contribution >= 4 is 11.5 Å². The molecule has 2 atom stereocenters. The van der Waals surface area contributed by atoms with Crippen LogP contribution in [0.2, 0.25) is 0 Å². The lowest BCUT2D eigenvalue weighted by atomic mass is 10.2. The number of fused-ring (bicyclic) bond motifs is 1. The molecule has 0 aliphatic carbocycles. The third-order valence-corrected chi connectivity index (χ3v) is 5.00. The Morgan fingerprint density at radius 3 is 2.77 bits per heavy atom. The Hall–Kier alpha value is -3.47. The first kappa shape index (κ1) is 18.6. The van der Waals surface area contributed by atoms with E-state index in [2.05, 4.69) is 35.8 Å². The van der Waals surface area contributed by atoms with Gasteiger partial charge in [-0.2, -0.15) is 5.10 Å². The van der Waals surface area contributed by atoms with Crippen LogP contribution in [0.25, 0.3) is 28.4 Å². The van der Waals surface area contributed by atoms with Crippen LogP contribution in [0.5, 0.6) is 0 Å². The normalized spacial score (nSPS) is 18.9. The first-order valence-corrected chi connectivity index (χ1v) is 9.34. The van der Waals surface area contributed by atoms with E-state index in [0.717, 1.165) is 11.6 Å². The molecule has 3 N–H and O–H groups in total. The number of aryl methyl sites for hydroxylation is 1. The molecule has 4 aromatic rings. The number of rotatable bonds is 4. The highest BCUT2D eigenvalue weighted by Gasteiger charge is 2.28. The highest BCUT2D eigenvalue weighted by molar-refractivity contribution is 5.67. The standard InChI is InChI=1S/C19H17F3N8/c1-9-25-18(29-28-9)10-2-3-30-15(8-24-16(30)4-10)17-11(20)5-12(21)19(27-17)26-14-7-23-6-13(14)22/h2-5,8,13-14,23H,6-7H2,1H3,(H,26,27)(H,25,28,29)/t13-,14-/m0/s1. The molecule has 1 fully saturated rings. The third kappa shape index (κ3) is 3.16. The Morgan fingerprint density at radius 2 is 2.03 bits per heavy atom. The highest BCUT2D eigenvalue weighted by atomic mass is 19.1. The molecule has 5 rings (SSSR count). The lowest BCUT2D eigenvalue weighted by Crippen LogP contribution is -2.30. The van der Waals surface area contributed by atoms with Gasteiger partial charge in [0.2, 0.25) is 0 Å². The van der Waals surface area contributed by atoms with Crippen LogP contribution in [0.4, 0.5) is 19.0 Å². The SMILES string of the molecule is Cc1nc(-c2ccn3c(-c4nc(N[C@H]5CNC[C@@H]5F)c(F)cc4F)cnc3c2)n[nH]1. The molecule has 11 heteroatoms. The summed E-state index contributed by atoms with van der Waals surface area (Å²) >= 11 is 0. The minimum atomic E-state index is -1.19. The summed E-state index contributed by atoms with van der Waals surface area (Å²) in [7, 11) is 0. The Morgan fingerprint density at radius 1 is 1.17 bits per heavy atom. The van der Waals surface area contributed by atoms with Crippen molar-refractivity contribution in [1.82, 2.24) is 34.9 Å². The van der Waals surface area contributed by atoms with Crippen LogP contribution in [-0.4, -0.2) is 54.9 Å². The zero-order chi connectivity index (χ0) is 20.8. The third-order valence-electron chi connectivity index (χ3n) is 5.00. The first-order valence-electron chi connectivity index (χ1n) is 9.34. The van der Waals surface area contributed by atoms with Gasteiger partial charge in [0, 0.05) is 30.9 Å². The van der Waals surface area contributed by atoms with E-state index in [9.17, 15) is 13.2 Å². The molecule has 1 aliphatic heterocycles. The molecule has 4 aromatic heterocycles. The van der Waals surface area contributed by atoms with E-state index in [0.29, 0.717) is 29.5 Å². The van der Waals surface area contributed by atoms with E-state index in [4.69, 9.17) is 0 Å². The molecule has 8 nitrogen and oxygen atoms in total. The summed E-state index contributed by atoms with van der Waals surface area (Å²) in [5.74, 6) is -0.727. The second-order valence-electron chi connectivity index (χ2n) is 7.11. The predicted octanol–water partition coefficient (Wildman–Crippen LogP) is 2.49. The first-order chi connectivity index (χ1) is 14.5. The summed E-state index contributed by atoms with van der Waals surface area (Å²) in [6.07, 6.45) is 1.95. The van der Waals surface area contributed by atoms with Crippen LogP contribution in [-0.2, 0) is 0 Å². The minimum absolute atomic E-state index is 0.0887. The van der Waals surface area contributed by atoms with Gasteiger partial charge >= 0.3 is 0 Å². The fourth-order valence-corrected chi connectivity index (χ4v) is 3.48. The molecular weight excluding hydrogens is 397 g/mol. The Balaban J connectivity index is 1.53. The van der Waals surface area contributed by atoms with Crippen molar-refractivity contribution in [3.05, 3.63) is 48.1 Å². The van der Waals surface area contributed by atoms with Gasteiger partial charge < -0.3 is 10.6 Å². The molecule has 0 saturated carbocycles. The molecule has 154 valence electrons. The fourth-order valence-electron chi connectivity index (χ4n) is 3.48. The monoisotopic (exact) mass is 414 g/mol. The summed E-state index contributed by atoms with van der Waals surface area (Å²) in [6.45, 7) is 2.30. The van der Waals surface area contributed by atoms with E-state index in [1.54, 1.807) is 29.7 Å². The lowest BCUT2D eigenvalue weighted by Gasteiger charge is -2.16. The molecule has 0 spiro atoms. The molecule has 0 unspecified atom stereocenters. The van der Waals surface area contributed by atoms with Crippen LogP contribution in [0.15, 0.2) is 30.6 Å². The fraction of sp³-hybridized carbons (Fsp3) is 0.263. The minimum Gasteiger partial charge on any atom is -0.361 e. The number of nitrogens with one attached hydrogen (secondary N) is 3. The van der Waals surface area contributed by atoms with Gasteiger partial charge in [-0.3, -0.25) is 9.50 Å². The second-order valence-corrected chi connectivity index (χ2v) is 7.11.